The first-order chi connectivity index (χ1) is 8.08. The summed E-state index contributed by atoms with van der Waals surface area (Å²) in [5.74, 6) is 0.696. The van der Waals surface area contributed by atoms with Crippen molar-refractivity contribution in [3.8, 4) is 0 Å². The number of aryl methyl sites for hydroxylation is 2. The van der Waals surface area contributed by atoms with Gasteiger partial charge in [0.05, 0.1) is 0 Å². The molecule has 1 heterocycles. The number of carbonyl (C=O) groups excluding carboxylic acids is 1. The van der Waals surface area contributed by atoms with Crippen LogP contribution in [-0.2, 0) is 4.79 Å². The van der Waals surface area contributed by atoms with E-state index in [0.29, 0.717) is 5.92 Å². The Bertz CT molecular complexity index is 424. The molecule has 2 rings (SSSR count). The number of hydrogen-bond acceptors (Lipinski definition) is 2. The van der Waals surface area contributed by atoms with Gasteiger partial charge in [-0.05, 0) is 44.5 Å². The van der Waals surface area contributed by atoms with Crippen LogP contribution in [0.4, 0.5) is 5.69 Å². The molecule has 0 saturated carbocycles. The first kappa shape index (κ1) is 12.1. The summed E-state index contributed by atoms with van der Waals surface area (Å²) in [5.41, 5.74) is 3.27. The van der Waals surface area contributed by atoms with Crippen LogP contribution in [0, 0.1) is 25.7 Å². The Kier molecular flexibility index (Phi) is 3.48. The molecule has 1 aromatic carbocycles. The number of anilines is 1. The van der Waals surface area contributed by atoms with E-state index in [1.54, 1.807) is 0 Å². The van der Waals surface area contributed by atoms with Gasteiger partial charge >= 0.3 is 0 Å². The third kappa shape index (κ3) is 2.67. The SMILES string of the molecule is Cc1ccc(NC(=O)C(C)C2CNC2)c(C)c1. The third-order valence-electron chi connectivity index (χ3n) is 3.57. The van der Waals surface area contributed by atoms with E-state index in [-0.39, 0.29) is 11.8 Å². The highest BCUT2D eigenvalue weighted by atomic mass is 16.1. The smallest absolute Gasteiger partial charge is 0.227 e. The minimum absolute atomic E-state index is 0.0805. The van der Waals surface area contributed by atoms with E-state index in [0.717, 1.165) is 24.3 Å². The van der Waals surface area contributed by atoms with Gasteiger partial charge in [0.25, 0.3) is 0 Å². The molecule has 0 spiro atoms. The lowest BCUT2D eigenvalue weighted by atomic mass is 9.88. The Morgan fingerprint density at radius 1 is 1.41 bits per heavy atom. The largest absolute Gasteiger partial charge is 0.326 e. The molecule has 92 valence electrons. The van der Waals surface area contributed by atoms with Gasteiger partial charge in [-0.15, -0.1) is 0 Å². The fraction of sp³-hybridized carbons (Fsp3) is 0.500. The first-order valence-electron chi connectivity index (χ1n) is 6.17. The van der Waals surface area contributed by atoms with Crippen LogP contribution in [0.5, 0.6) is 0 Å². The molecular weight excluding hydrogens is 212 g/mol. The Morgan fingerprint density at radius 3 is 2.65 bits per heavy atom. The van der Waals surface area contributed by atoms with E-state index in [2.05, 4.69) is 23.6 Å². The molecule has 0 radical (unpaired) electrons. The molecule has 1 amide bonds. The van der Waals surface area contributed by atoms with Crippen LogP contribution >= 0.6 is 0 Å². The monoisotopic (exact) mass is 232 g/mol. The van der Waals surface area contributed by atoms with Gasteiger partial charge in [0.1, 0.15) is 0 Å². The highest BCUT2D eigenvalue weighted by molar-refractivity contribution is 5.93. The van der Waals surface area contributed by atoms with Crippen LogP contribution in [0.2, 0.25) is 0 Å². The molecule has 1 aliphatic heterocycles. The van der Waals surface area contributed by atoms with Crippen molar-refractivity contribution in [3.05, 3.63) is 29.3 Å². The molecule has 1 atom stereocenters. The predicted octanol–water partition coefficient (Wildman–Crippen LogP) is 2.10. The van der Waals surface area contributed by atoms with E-state index >= 15 is 0 Å². The van der Waals surface area contributed by atoms with Gasteiger partial charge in [-0.1, -0.05) is 24.6 Å². The summed E-state index contributed by atoms with van der Waals surface area (Å²) >= 11 is 0. The van der Waals surface area contributed by atoms with Crippen LogP contribution in [0.25, 0.3) is 0 Å². The Hall–Kier alpha value is -1.35. The van der Waals surface area contributed by atoms with E-state index in [9.17, 15) is 4.79 Å². The van der Waals surface area contributed by atoms with E-state index in [4.69, 9.17) is 0 Å². The molecule has 1 saturated heterocycles. The quantitative estimate of drug-likeness (QED) is 0.838. The Labute approximate surface area is 103 Å². The molecule has 3 nitrogen and oxygen atoms in total. The molecule has 1 aromatic rings. The summed E-state index contributed by atoms with van der Waals surface area (Å²) in [6, 6.07) is 6.09. The van der Waals surface area contributed by atoms with Crippen molar-refractivity contribution in [1.29, 1.82) is 0 Å². The highest BCUT2D eigenvalue weighted by Gasteiger charge is 2.28. The second-order valence-corrected chi connectivity index (χ2v) is 5.01. The van der Waals surface area contributed by atoms with E-state index in [1.165, 1.54) is 5.56 Å². The predicted molar refractivity (Wildman–Crippen MR) is 70.1 cm³/mol. The van der Waals surface area contributed by atoms with Gasteiger partial charge in [0.15, 0.2) is 0 Å². The number of hydrogen-bond donors (Lipinski definition) is 2. The highest BCUT2D eigenvalue weighted by Crippen LogP contribution is 2.20. The summed E-state index contributed by atoms with van der Waals surface area (Å²) in [6.45, 7) is 8.01. The maximum Gasteiger partial charge on any atom is 0.227 e. The molecule has 0 bridgehead atoms. The van der Waals surface area contributed by atoms with Gasteiger partial charge < -0.3 is 10.6 Å². The van der Waals surface area contributed by atoms with Crippen LogP contribution in [0.15, 0.2) is 18.2 Å². The van der Waals surface area contributed by atoms with Gasteiger partial charge in [0.2, 0.25) is 5.91 Å². The standard InChI is InChI=1S/C14H20N2O/c1-9-4-5-13(10(2)6-9)16-14(17)11(3)12-7-15-8-12/h4-6,11-12,15H,7-8H2,1-3H3,(H,16,17). The van der Waals surface area contributed by atoms with Crippen LogP contribution < -0.4 is 10.6 Å². The van der Waals surface area contributed by atoms with Crippen LogP contribution in [-0.4, -0.2) is 19.0 Å². The minimum Gasteiger partial charge on any atom is -0.326 e. The lowest BCUT2D eigenvalue weighted by molar-refractivity contribution is -0.121. The summed E-state index contributed by atoms with van der Waals surface area (Å²) in [4.78, 5) is 12.0. The van der Waals surface area contributed by atoms with Crippen molar-refractivity contribution in [2.45, 2.75) is 20.8 Å². The van der Waals surface area contributed by atoms with Crippen molar-refractivity contribution in [1.82, 2.24) is 5.32 Å². The fourth-order valence-electron chi connectivity index (χ4n) is 2.08. The first-order valence-corrected chi connectivity index (χ1v) is 6.17. The zero-order valence-electron chi connectivity index (χ0n) is 10.7. The lowest BCUT2D eigenvalue weighted by Gasteiger charge is -2.31. The van der Waals surface area contributed by atoms with Crippen molar-refractivity contribution in [3.63, 3.8) is 0 Å². The number of rotatable bonds is 3. The van der Waals surface area contributed by atoms with Gasteiger partial charge in [-0.3, -0.25) is 4.79 Å². The van der Waals surface area contributed by atoms with Crippen molar-refractivity contribution in [2.24, 2.45) is 11.8 Å². The zero-order chi connectivity index (χ0) is 12.4. The number of amides is 1. The fourth-order valence-corrected chi connectivity index (χ4v) is 2.08. The summed E-state index contributed by atoms with van der Waals surface area (Å²) in [7, 11) is 0. The second kappa shape index (κ2) is 4.88. The molecule has 17 heavy (non-hydrogen) atoms. The summed E-state index contributed by atoms with van der Waals surface area (Å²) in [5, 5.41) is 6.22. The van der Waals surface area contributed by atoms with Crippen LogP contribution in [0.1, 0.15) is 18.1 Å². The average Bonchev–Trinajstić information content (AvgIpc) is 2.19. The minimum atomic E-state index is 0.0805. The van der Waals surface area contributed by atoms with E-state index < -0.39 is 0 Å². The zero-order valence-corrected chi connectivity index (χ0v) is 10.7. The Balaban J connectivity index is 2.02. The molecule has 2 N–H and O–H groups in total. The average molecular weight is 232 g/mol. The topological polar surface area (TPSA) is 41.1 Å². The molecular formula is C14H20N2O. The van der Waals surface area contributed by atoms with Crippen LogP contribution in [0.3, 0.4) is 0 Å². The maximum atomic E-state index is 12.0. The Morgan fingerprint density at radius 2 is 2.12 bits per heavy atom. The van der Waals surface area contributed by atoms with Crippen molar-refractivity contribution >= 4 is 11.6 Å². The van der Waals surface area contributed by atoms with E-state index in [1.807, 2.05) is 26.0 Å². The molecule has 0 aromatic heterocycles. The van der Waals surface area contributed by atoms with Crippen molar-refractivity contribution in [2.75, 3.05) is 18.4 Å². The molecule has 0 aliphatic carbocycles. The number of benzene rings is 1. The number of nitrogens with one attached hydrogen (secondary N) is 2. The summed E-state index contributed by atoms with van der Waals surface area (Å²) < 4.78 is 0. The lowest BCUT2D eigenvalue weighted by Crippen LogP contribution is -2.48. The molecule has 3 heteroatoms. The summed E-state index contributed by atoms with van der Waals surface area (Å²) in [6.07, 6.45) is 0. The van der Waals surface area contributed by atoms with Gasteiger partial charge in [-0.25, -0.2) is 0 Å². The second-order valence-electron chi connectivity index (χ2n) is 5.01. The number of carbonyl (C=O) groups is 1. The molecule has 1 fully saturated rings. The van der Waals surface area contributed by atoms with Gasteiger partial charge in [-0.2, -0.15) is 0 Å². The molecule has 1 unspecified atom stereocenters. The maximum absolute atomic E-state index is 12.0. The molecule has 1 aliphatic rings. The van der Waals surface area contributed by atoms with Gasteiger partial charge in [0, 0.05) is 11.6 Å². The third-order valence-corrected chi connectivity index (χ3v) is 3.57. The normalized spacial score (nSPS) is 17.4. The van der Waals surface area contributed by atoms with Crippen molar-refractivity contribution < 1.29 is 4.79 Å².